The van der Waals surface area contributed by atoms with Crippen LogP contribution in [-0.4, -0.2) is 34.2 Å². The fraction of sp³-hybridized carbons (Fsp3) is 0.111. The number of carbonyl (C=O) groups is 1. The predicted molar refractivity (Wildman–Crippen MR) is 138 cm³/mol. The second-order valence-electron chi connectivity index (χ2n) is 7.88. The Labute approximate surface area is 204 Å². The second kappa shape index (κ2) is 10.4. The lowest BCUT2D eigenvalue weighted by molar-refractivity contribution is -0.119. The second-order valence-corrected chi connectivity index (χ2v) is 9.75. The quantitative estimate of drug-likeness (QED) is 0.293. The van der Waals surface area contributed by atoms with E-state index in [9.17, 15) is 13.2 Å². The van der Waals surface area contributed by atoms with Gasteiger partial charge >= 0.3 is 0 Å². The molecule has 0 fully saturated rings. The summed E-state index contributed by atoms with van der Waals surface area (Å²) in [4.78, 5) is 12.9. The van der Waals surface area contributed by atoms with Gasteiger partial charge in [0.05, 0.1) is 23.9 Å². The van der Waals surface area contributed by atoms with Gasteiger partial charge in [0.15, 0.2) is 0 Å². The highest BCUT2D eigenvalue weighted by atomic mass is 32.2. The van der Waals surface area contributed by atoms with Gasteiger partial charge in [0.25, 0.3) is 15.9 Å². The Kier molecular flexibility index (Phi) is 7.12. The number of carbonyl (C=O) groups excluding carboxylic acids is 1. The zero-order valence-electron chi connectivity index (χ0n) is 19.4. The normalized spacial score (nSPS) is 11.5. The van der Waals surface area contributed by atoms with Crippen molar-refractivity contribution in [1.82, 2.24) is 5.43 Å². The Balaban J connectivity index is 1.58. The minimum Gasteiger partial charge on any atom is -0.497 e. The maximum absolute atomic E-state index is 13.5. The van der Waals surface area contributed by atoms with E-state index in [2.05, 4.69) is 10.5 Å². The first-order valence-corrected chi connectivity index (χ1v) is 12.4. The minimum atomic E-state index is -4.01. The third-order valence-electron chi connectivity index (χ3n) is 5.47. The van der Waals surface area contributed by atoms with Crippen molar-refractivity contribution in [2.75, 3.05) is 18.0 Å². The number of aryl methyl sites for hydroxylation is 1. The number of rotatable bonds is 8. The Morgan fingerprint density at radius 1 is 0.943 bits per heavy atom. The van der Waals surface area contributed by atoms with E-state index >= 15 is 0 Å². The first-order valence-electron chi connectivity index (χ1n) is 10.9. The van der Waals surface area contributed by atoms with E-state index in [0.29, 0.717) is 11.4 Å². The van der Waals surface area contributed by atoms with Crippen molar-refractivity contribution in [3.63, 3.8) is 0 Å². The third kappa shape index (κ3) is 5.50. The summed E-state index contributed by atoms with van der Waals surface area (Å²) in [6.45, 7) is 1.43. The number of amides is 1. The Morgan fingerprint density at radius 2 is 1.63 bits per heavy atom. The van der Waals surface area contributed by atoms with Crippen LogP contribution in [0.5, 0.6) is 5.75 Å². The van der Waals surface area contributed by atoms with Crippen LogP contribution >= 0.6 is 0 Å². The average Bonchev–Trinajstić information content (AvgIpc) is 2.88. The number of benzene rings is 4. The smallest absolute Gasteiger partial charge is 0.264 e. The summed E-state index contributed by atoms with van der Waals surface area (Å²) in [7, 11) is -2.49. The van der Waals surface area contributed by atoms with Crippen molar-refractivity contribution in [3.8, 4) is 5.75 Å². The van der Waals surface area contributed by atoms with Crippen molar-refractivity contribution in [2.45, 2.75) is 11.8 Å². The first kappa shape index (κ1) is 24.0. The molecule has 0 spiro atoms. The number of hydrogen-bond donors (Lipinski definition) is 1. The number of fused-ring (bicyclic) bond motifs is 1. The number of anilines is 1. The van der Waals surface area contributed by atoms with Crippen LogP contribution in [0.1, 0.15) is 11.1 Å². The molecule has 1 N–H and O–H groups in total. The fourth-order valence-corrected chi connectivity index (χ4v) is 5.02. The molecule has 0 atom stereocenters. The van der Waals surface area contributed by atoms with E-state index in [0.717, 1.165) is 26.2 Å². The molecule has 0 aliphatic carbocycles. The van der Waals surface area contributed by atoms with E-state index in [-0.39, 0.29) is 4.90 Å². The van der Waals surface area contributed by atoms with Crippen LogP contribution in [0.3, 0.4) is 0 Å². The largest absolute Gasteiger partial charge is 0.497 e. The number of nitrogens with zero attached hydrogens (tertiary/aromatic N) is 2. The summed E-state index contributed by atoms with van der Waals surface area (Å²) in [5.74, 6) is -0.00133. The van der Waals surface area contributed by atoms with Crippen LogP contribution in [-0.2, 0) is 14.8 Å². The molecular formula is C27H25N3O4S. The molecule has 0 saturated carbocycles. The molecule has 0 aliphatic rings. The Hall–Kier alpha value is -4.17. The van der Waals surface area contributed by atoms with Gasteiger partial charge in [0, 0.05) is 5.56 Å². The SMILES string of the molecule is COc1ccc(N(CC(=O)N/N=C/c2cccc3ccccc23)S(=O)(=O)c2ccc(C)cc2)cc1. The lowest BCUT2D eigenvalue weighted by Crippen LogP contribution is -2.39. The Morgan fingerprint density at radius 3 is 2.34 bits per heavy atom. The molecule has 0 aromatic heterocycles. The molecule has 4 aromatic carbocycles. The first-order chi connectivity index (χ1) is 16.9. The molecule has 0 saturated heterocycles. The predicted octanol–water partition coefficient (Wildman–Crippen LogP) is 4.50. The van der Waals surface area contributed by atoms with Gasteiger partial charge in [-0.2, -0.15) is 5.10 Å². The van der Waals surface area contributed by atoms with Gasteiger partial charge in [-0.25, -0.2) is 13.8 Å². The maximum atomic E-state index is 13.5. The maximum Gasteiger partial charge on any atom is 0.264 e. The van der Waals surface area contributed by atoms with Crippen molar-refractivity contribution >= 4 is 38.6 Å². The van der Waals surface area contributed by atoms with Gasteiger partial charge in [-0.3, -0.25) is 9.10 Å². The van der Waals surface area contributed by atoms with Crippen molar-refractivity contribution in [1.29, 1.82) is 0 Å². The van der Waals surface area contributed by atoms with Gasteiger partial charge in [-0.05, 0) is 54.1 Å². The molecule has 35 heavy (non-hydrogen) atoms. The van der Waals surface area contributed by atoms with E-state index in [1.807, 2.05) is 49.4 Å². The Bertz CT molecular complexity index is 1460. The summed E-state index contributed by atoms with van der Waals surface area (Å²) in [5.41, 5.74) is 4.55. The van der Waals surface area contributed by atoms with Crippen molar-refractivity contribution < 1.29 is 17.9 Å². The molecule has 0 heterocycles. The van der Waals surface area contributed by atoms with E-state index in [1.54, 1.807) is 42.6 Å². The summed E-state index contributed by atoms with van der Waals surface area (Å²) in [6, 6.07) is 26.6. The lowest BCUT2D eigenvalue weighted by atomic mass is 10.1. The van der Waals surface area contributed by atoms with E-state index < -0.39 is 22.5 Å². The summed E-state index contributed by atoms with van der Waals surface area (Å²) in [6.07, 6.45) is 1.55. The van der Waals surface area contributed by atoms with Crippen molar-refractivity contribution in [2.24, 2.45) is 5.10 Å². The highest BCUT2D eigenvalue weighted by molar-refractivity contribution is 7.92. The minimum absolute atomic E-state index is 0.0889. The molecule has 0 aliphatic heterocycles. The van der Waals surface area contributed by atoms with Crippen LogP contribution in [0.25, 0.3) is 10.8 Å². The van der Waals surface area contributed by atoms with Gasteiger partial charge in [0.1, 0.15) is 12.3 Å². The number of nitrogens with one attached hydrogen (secondary N) is 1. The summed E-state index contributed by atoms with van der Waals surface area (Å²) < 4.78 is 33.1. The number of methoxy groups -OCH3 is 1. The molecule has 0 bridgehead atoms. The highest BCUT2D eigenvalue weighted by Gasteiger charge is 2.27. The van der Waals surface area contributed by atoms with Crippen LogP contribution < -0.4 is 14.5 Å². The van der Waals surface area contributed by atoms with Gasteiger partial charge in [-0.15, -0.1) is 0 Å². The third-order valence-corrected chi connectivity index (χ3v) is 7.26. The highest BCUT2D eigenvalue weighted by Crippen LogP contribution is 2.26. The number of hydrazone groups is 1. The average molecular weight is 488 g/mol. The molecule has 4 aromatic rings. The summed E-state index contributed by atoms with van der Waals surface area (Å²) >= 11 is 0. The standard InChI is InChI=1S/C27H25N3O4S/c1-20-10-16-25(17-11-20)35(32,33)30(23-12-14-24(34-2)15-13-23)19-27(31)29-28-18-22-8-5-7-21-6-3-4-9-26(21)22/h3-18H,19H2,1-2H3,(H,29,31)/b28-18+. The molecular weight excluding hydrogens is 462 g/mol. The van der Waals surface area contributed by atoms with Gasteiger partial charge < -0.3 is 4.74 Å². The molecule has 178 valence electrons. The molecule has 0 radical (unpaired) electrons. The molecule has 1 amide bonds. The fourth-order valence-electron chi connectivity index (χ4n) is 3.60. The molecule has 4 rings (SSSR count). The van der Waals surface area contributed by atoms with E-state index in [1.165, 1.54) is 19.2 Å². The monoisotopic (exact) mass is 487 g/mol. The van der Waals surface area contributed by atoms with E-state index in [4.69, 9.17) is 4.74 Å². The van der Waals surface area contributed by atoms with Crippen LogP contribution in [0.4, 0.5) is 5.69 Å². The molecule has 0 unspecified atom stereocenters. The zero-order valence-corrected chi connectivity index (χ0v) is 20.2. The summed E-state index contributed by atoms with van der Waals surface area (Å²) in [5, 5.41) is 6.11. The van der Waals surface area contributed by atoms with Gasteiger partial charge in [-0.1, -0.05) is 60.2 Å². The topological polar surface area (TPSA) is 88.1 Å². The number of sulfonamides is 1. The number of ether oxygens (including phenoxy) is 1. The van der Waals surface area contributed by atoms with Crippen LogP contribution in [0.2, 0.25) is 0 Å². The van der Waals surface area contributed by atoms with Crippen molar-refractivity contribution in [3.05, 3.63) is 102 Å². The lowest BCUT2D eigenvalue weighted by Gasteiger charge is -2.24. The van der Waals surface area contributed by atoms with Gasteiger partial charge in [0.2, 0.25) is 0 Å². The number of hydrogen-bond acceptors (Lipinski definition) is 5. The molecule has 7 nitrogen and oxygen atoms in total. The van der Waals surface area contributed by atoms with Crippen LogP contribution in [0.15, 0.2) is 101 Å². The molecule has 8 heteroatoms. The van der Waals surface area contributed by atoms with Crippen LogP contribution in [0, 0.1) is 6.92 Å². The zero-order chi connectivity index (χ0) is 24.8.